The zero-order valence-corrected chi connectivity index (χ0v) is 31.3. The van der Waals surface area contributed by atoms with E-state index in [9.17, 15) is 14.3 Å². The zero-order chi connectivity index (χ0) is 36.5. The Morgan fingerprint density at radius 2 is 1.77 bits per heavy atom. The van der Waals surface area contributed by atoms with Gasteiger partial charge in [-0.25, -0.2) is 9.18 Å². The third kappa shape index (κ3) is 8.97. The first-order chi connectivity index (χ1) is 24.7. The first kappa shape index (κ1) is 40.8. The number of carboxylic acid groups (broad SMARTS) is 1. The van der Waals surface area contributed by atoms with Crippen LogP contribution in [0.4, 0.5) is 4.39 Å². The number of ether oxygens (including phenoxy) is 2. The number of fused-ring (bicyclic) bond motifs is 3. The van der Waals surface area contributed by atoms with Crippen molar-refractivity contribution in [3.8, 4) is 16.9 Å². The van der Waals surface area contributed by atoms with Gasteiger partial charge in [0.05, 0.1) is 29.4 Å². The predicted octanol–water partition coefficient (Wildman–Crippen LogP) is 8.75. The molecule has 0 amide bonds. The highest BCUT2D eigenvalue weighted by atomic mass is 35.5. The number of halogens is 2. The summed E-state index contributed by atoms with van der Waals surface area (Å²) in [7, 11) is 3.68. The summed E-state index contributed by atoms with van der Waals surface area (Å²) in [6, 6.07) is 14.1. The smallest absolute Gasteiger partial charge is 0.352 e. The van der Waals surface area contributed by atoms with Crippen molar-refractivity contribution in [2.45, 2.75) is 73.4 Å². The van der Waals surface area contributed by atoms with E-state index >= 15 is 0 Å². The molecule has 0 radical (unpaired) electrons. The number of aromatic carboxylic acids is 1. The first-order valence-corrected chi connectivity index (χ1v) is 18.5. The van der Waals surface area contributed by atoms with E-state index in [-0.39, 0.29) is 13.2 Å². The second-order valence-corrected chi connectivity index (χ2v) is 13.3. The fourth-order valence-electron chi connectivity index (χ4n) is 7.22. The molecule has 0 fully saturated rings. The minimum absolute atomic E-state index is 0. The molecule has 6 rings (SSSR count). The van der Waals surface area contributed by atoms with Gasteiger partial charge in [-0.15, -0.1) is 0 Å². The summed E-state index contributed by atoms with van der Waals surface area (Å²) >= 11 is 7.07. The Kier molecular flexibility index (Phi) is 15.1. The molecule has 2 aromatic heterocycles. The maximum Gasteiger partial charge on any atom is 0.352 e. The van der Waals surface area contributed by atoms with Crippen LogP contribution in [0.5, 0.6) is 5.75 Å². The molecule has 2 N–H and O–H groups in total. The van der Waals surface area contributed by atoms with Crippen LogP contribution in [0.15, 0.2) is 48.5 Å². The van der Waals surface area contributed by atoms with Crippen molar-refractivity contribution >= 4 is 39.2 Å². The molecular formula is C41H55ClFN5O4. The number of carbonyl (C=O) groups is 1. The Hall–Kier alpha value is -3.96. The Balaban J connectivity index is 0.000000944. The average molecular weight is 736 g/mol. The number of aryl methyl sites for hydroxylation is 3. The monoisotopic (exact) mass is 735 g/mol. The molecule has 0 saturated heterocycles. The topological polar surface area (TPSA) is 93.8 Å². The summed E-state index contributed by atoms with van der Waals surface area (Å²) in [5.74, 6) is -0.567. The average Bonchev–Trinajstić information content (AvgIpc) is 3.59. The van der Waals surface area contributed by atoms with Gasteiger partial charge >= 0.3 is 5.97 Å². The summed E-state index contributed by atoms with van der Waals surface area (Å²) in [4.78, 5) is 15.4. The van der Waals surface area contributed by atoms with E-state index < -0.39 is 5.97 Å². The molecule has 0 spiro atoms. The van der Waals surface area contributed by atoms with Crippen molar-refractivity contribution < 1.29 is 23.8 Å². The van der Waals surface area contributed by atoms with Gasteiger partial charge in [0, 0.05) is 61.4 Å². The molecule has 0 saturated carbocycles. The number of nitrogens with one attached hydrogen (secondary N) is 1. The van der Waals surface area contributed by atoms with Crippen molar-refractivity contribution in [3.05, 3.63) is 82.0 Å². The van der Waals surface area contributed by atoms with E-state index in [1.54, 1.807) is 13.2 Å². The fraction of sp³-hybridized carbons (Fsp3) is 0.463. The molecule has 5 aromatic rings. The molecule has 0 aliphatic carbocycles. The van der Waals surface area contributed by atoms with Crippen LogP contribution in [-0.2, 0) is 37.7 Å². The lowest BCUT2D eigenvalue weighted by Crippen LogP contribution is -2.28. The van der Waals surface area contributed by atoms with Crippen LogP contribution >= 0.6 is 11.6 Å². The first-order valence-electron chi connectivity index (χ1n) is 18.1. The molecule has 1 aliphatic rings. The van der Waals surface area contributed by atoms with Gasteiger partial charge in [0.1, 0.15) is 17.3 Å². The standard InChI is InChI=1S/C36H40ClFN4O4.C4H11N.CH4/c1-4-30-33-29(39-40(30)2)22-41(18-20-45-3)16-5-6-17-42-34-27(14-15-28(37)32(33)34)26(35(42)36(43)44)10-8-19-46-31-11-7-9-23-21-24(38)12-13-25(23)31;1-3-5-4-2;/h7,9,11-15,21H,4-6,8,10,16-20,22H2,1-3H3,(H,43,44);5H,3-4H2,1-2H3;1H4. The van der Waals surface area contributed by atoms with Gasteiger partial charge < -0.3 is 24.5 Å². The molecule has 0 atom stereocenters. The lowest BCUT2D eigenvalue weighted by molar-refractivity contribution is 0.0683. The molecule has 3 heterocycles. The summed E-state index contributed by atoms with van der Waals surface area (Å²) in [5.41, 5.74) is 5.77. The number of nitrogens with zero attached hydrogens (tertiary/aromatic N) is 4. The maximum atomic E-state index is 13.8. The minimum Gasteiger partial charge on any atom is -0.493 e. The molecule has 0 unspecified atom stereocenters. The van der Waals surface area contributed by atoms with Gasteiger partial charge in [0.2, 0.25) is 0 Å². The van der Waals surface area contributed by atoms with E-state index in [1.165, 1.54) is 12.1 Å². The van der Waals surface area contributed by atoms with E-state index in [4.69, 9.17) is 26.2 Å². The third-order valence-electron chi connectivity index (χ3n) is 9.53. The Morgan fingerprint density at radius 1 is 1.02 bits per heavy atom. The molecule has 9 nitrogen and oxygen atoms in total. The molecule has 0 bridgehead atoms. The summed E-state index contributed by atoms with van der Waals surface area (Å²) < 4.78 is 29.3. The van der Waals surface area contributed by atoms with Crippen molar-refractivity contribution in [3.63, 3.8) is 0 Å². The quantitative estimate of drug-likeness (QED) is 0.124. The Labute approximate surface area is 312 Å². The van der Waals surface area contributed by atoms with Crippen LogP contribution in [0.2, 0.25) is 5.02 Å². The number of rotatable bonds is 12. The second-order valence-electron chi connectivity index (χ2n) is 12.9. The molecule has 3 aromatic carbocycles. The van der Waals surface area contributed by atoms with Gasteiger partial charge in [-0.05, 0) is 93.0 Å². The lowest BCUT2D eigenvalue weighted by Gasteiger charge is -2.21. The number of aromatic nitrogens is 3. The second kappa shape index (κ2) is 19.2. The normalized spacial score (nSPS) is 13.2. The predicted molar refractivity (Wildman–Crippen MR) is 211 cm³/mol. The van der Waals surface area contributed by atoms with E-state index in [2.05, 4.69) is 31.0 Å². The van der Waals surface area contributed by atoms with E-state index in [0.717, 1.165) is 95.2 Å². The van der Waals surface area contributed by atoms with Gasteiger partial charge in [0.15, 0.2) is 0 Å². The van der Waals surface area contributed by atoms with Crippen molar-refractivity contribution in [1.29, 1.82) is 0 Å². The molecule has 282 valence electrons. The van der Waals surface area contributed by atoms with Gasteiger partial charge in [-0.3, -0.25) is 9.58 Å². The highest BCUT2D eigenvalue weighted by Crippen LogP contribution is 2.43. The summed E-state index contributed by atoms with van der Waals surface area (Å²) in [6.07, 6.45) is 3.58. The maximum absolute atomic E-state index is 13.8. The van der Waals surface area contributed by atoms with Crippen LogP contribution < -0.4 is 10.1 Å². The third-order valence-corrected chi connectivity index (χ3v) is 9.84. The fourth-order valence-corrected chi connectivity index (χ4v) is 7.46. The molecule has 11 heteroatoms. The van der Waals surface area contributed by atoms with Crippen LogP contribution in [0, 0.1) is 5.82 Å². The Morgan fingerprint density at radius 3 is 2.46 bits per heavy atom. The summed E-state index contributed by atoms with van der Waals surface area (Å²) in [6.45, 7) is 12.3. The zero-order valence-electron chi connectivity index (χ0n) is 30.5. The van der Waals surface area contributed by atoms with Crippen LogP contribution in [-0.4, -0.2) is 76.8 Å². The van der Waals surface area contributed by atoms with Crippen molar-refractivity contribution in [2.24, 2.45) is 7.05 Å². The SMILES string of the molecule is C.CCNCC.CCc1c2c(nn1C)CN(CCOC)CCCCn1c(C(=O)O)c(CCCOc3cccc4cc(F)ccc34)c3ccc(Cl)c-2c31. The number of hydrogen-bond acceptors (Lipinski definition) is 6. The lowest BCUT2D eigenvalue weighted by atomic mass is 9.97. The summed E-state index contributed by atoms with van der Waals surface area (Å²) in [5, 5.41) is 21.8. The molecule has 1 aliphatic heterocycles. The number of hydrogen-bond donors (Lipinski definition) is 2. The van der Waals surface area contributed by atoms with Gasteiger partial charge in [0.25, 0.3) is 0 Å². The number of methoxy groups -OCH3 is 1. The molecular weight excluding hydrogens is 681 g/mol. The van der Waals surface area contributed by atoms with Gasteiger partial charge in [-0.1, -0.05) is 58.0 Å². The van der Waals surface area contributed by atoms with E-state index in [0.29, 0.717) is 55.6 Å². The van der Waals surface area contributed by atoms with Crippen molar-refractivity contribution in [2.75, 3.05) is 46.5 Å². The Bertz CT molecular complexity index is 1950. The van der Waals surface area contributed by atoms with E-state index in [1.807, 2.05) is 46.6 Å². The number of carboxylic acids is 1. The van der Waals surface area contributed by atoms with Crippen molar-refractivity contribution in [1.82, 2.24) is 24.6 Å². The largest absolute Gasteiger partial charge is 0.493 e. The number of benzene rings is 3. The highest BCUT2D eigenvalue weighted by Gasteiger charge is 2.29. The minimum atomic E-state index is -0.955. The van der Waals surface area contributed by atoms with Crippen LogP contribution in [0.25, 0.3) is 32.8 Å². The highest BCUT2D eigenvalue weighted by molar-refractivity contribution is 6.35. The van der Waals surface area contributed by atoms with Crippen LogP contribution in [0.3, 0.4) is 0 Å². The van der Waals surface area contributed by atoms with Gasteiger partial charge in [-0.2, -0.15) is 5.10 Å². The van der Waals surface area contributed by atoms with Crippen LogP contribution in [0.1, 0.15) is 74.9 Å². The molecule has 52 heavy (non-hydrogen) atoms.